The van der Waals surface area contributed by atoms with Gasteiger partial charge in [0.25, 0.3) is 5.91 Å². The number of aromatic nitrogens is 1. The number of carbonyl (C=O) groups is 1. The van der Waals surface area contributed by atoms with Crippen molar-refractivity contribution in [3.8, 4) is 5.75 Å². The number of benzene rings is 2. The average Bonchev–Trinajstić information content (AvgIpc) is 3.18. The third kappa shape index (κ3) is 5.64. The molecule has 0 fully saturated rings. The van der Waals surface area contributed by atoms with Crippen molar-refractivity contribution in [2.45, 2.75) is 39.4 Å². The van der Waals surface area contributed by atoms with Crippen molar-refractivity contribution < 1.29 is 9.53 Å². The van der Waals surface area contributed by atoms with E-state index in [1.807, 2.05) is 71.8 Å². The van der Waals surface area contributed by atoms with Crippen LogP contribution >= 0.6 is 11.6 Å². The Kier molecular flexibility index (Phi) is 7.36. The second-order valence-electron chi connectivity index (χ2n) is 7.10. The standard InChI is InChI=1S/C24H27ClN2O2/c1-3-19(2)27(24(28)18-29-22-12-5-4-6-13-22)17-21-11-9-15-26(21)16-20-10-7-8-14-23(20)25/h4-15,19H,3,16-18H2,1-2H3. The van der Waals surface area contributed by atoms with Crippen molar-refractivity contribution in [2.75, 3.05) is 6.61 Å². The highest BCUT2D eigenvalue weighted by Crippen LogP contribution is 2.19. The van der Waals surface area contributed by atoms with Crippen molar-refractivity contribution in [2.24, 2.45) is 0 Å². The summed E-state index contributed by atoms with van der Waals surface area (Å²) < 4.78 is 7.83. The van der Waals surface area contributed by atoms with Crippen LogP contribution in [0.1, 0.15) is 31.5 Å². The van der Waals surface area contributed by atoms with E-state index >= 15 is 0 Å². The van der Waals surface area contributed by atoms with Gasteiger partial charge in [-0.05, 0) is 49.2 Å². The second-order valence-corrected chi connectivity index (χ2v) is 7.51. The maximum Gasteiger partial charge on any atom is 0.261 e. The minimum atomic E-state index is -0.0197. The first-order chi connectivity index (χ1) is 14.1. The largest absolute Gasteiger partial charge is 0.484 e. The van der Waals surface area contributed by atoms with Crippen molar-refractivity contribution >= 4 is 17.5 Å². The van der Waals surface area contributed by atoms with Crippen LogP contribution < -0.4 is 4.74 Å². The molecule has 152 valence electrons. The van der Waals surface area contributed by atoms with E-state index in [1.165, 1.54) is 0 Å². The Labute approximate surface area is 177 Å². The van der Waals surface area contributed by atoms with Crippen LogP contribution in [0, 0.1) is 0 Å². The number of halogens is 1. The van der Waals surface area contributed by atoms with Crippen LogP contribution in [0.25, 0.3) is 0 Å². The predicted molar refractivity (Wildman–Crippen MR) is 117 cm³/mol. The fraction of sp³-hybridized carbons (Fsp3) is 0.292. The first-order valence-corrected chi connectivity index (χ1v) is 10.3. The number of hydrogen-bond acceptors (Lipinski definition) is 2. The zero-order valence-electron chi connectivity index (χ0n) is 16.9. The molecule has 0 saturated carbocycles. The SMILES string of the molecule is CCC(C)N(Cc1cccn1Cc1ccccc1Cl)C(=O)COc1ccccc1. The van der Waals surface area contributed by atoms with Crippen molar-refractivity contribution in [1.82, 2.24) is 9.47 Å². The highest BCUT2D eigenvalue weighted by molar-refractivity contribution is 6.31. The quantitative estimate of drug-likeness (QED) is 0.473. The molecule has 29 heavy (non-hydrogen) atoms. The van der Waals surface area contributed by atoms with E-state index in [9.17, 15) is 4.79 Å². The number of rotatable bonds is 9. The molecule has 4 nitrogen and oxygen atoms in total. The van der Waals surface area contributed by atoms with Gasteiger partial charge in [-0.3, -0.25) is 4.79 Å². The molecule has 1 atom stereocenters. The summed E-state index contributed by atoms with van der Waals surface area (Å²) in [5, 5.41) is 0.748. The second kappa shape index (κ2) is 10.2. The Balaban J connectivity index is 1.71. The molecule has 1 heterocycles. The zero-order chi connectivity index (χ0) is 20.6. The lowest BCUT2D eigenvalue weighted by Gasteiger charge is -2.29. The molecule has 1 aromatic heterocycles. The van der Waals surface area contributed by atoms with Crippen LogP contribution in [0.3, 0.4) is 0 Å². The number of carbonyl (C=O) groups excluding carboxylic acids is 1. The van der Waals surface area contributed by atoms with Gasteiger partial charge < -0.3 is 14.2 Å². The zero-order valence-corrected chi connectivity index (χ0v) is 17.7. The minimum absolute atomic E-state index is 0.0197. The van der Waals surface area contributed by atoms with Crippen molar-refractivity contribution in [3.05, 3.63) is 89.2 Å². The molecule has 0 spiro atoms. The normalized spacial score (nSPS) is 11.8. The lowest BCUT2D eigenvalue weighted by molar-refractivity contribution is -0.136. The van der Waals surface area contributed by atoms with Crippen LogP contribution in [-0.4, -0.2) is 28.0 Å². The van der Waals surface area contributed by atoms with Gasteiger partial charge in [-0.15, -0.1) is 0 Å². The molecule has 2 aromatic carbocycles. The molecule has 0 radical (unpaired) electrons. The summed E-state index contributed by atoms with van der Waals surface area (Å²) >= 11 is 6.33. The number of ether oxygens (including phenoxy) is 1. The minimum Gasteiger partial charge on any atom is -0.484 e. The molecule has 5 heteroatoms. The van der Waals surface area contributed by atoms with E-state index in [1.54, 1.807) is 0 Å². The first-order valence-electron chi connectivity index (χ1n) is 9.93. The van der Waals surface area contributed by atoms with Gasteiger partial charge in [0.05, 0.1) is 6.54 Å². The third-order valence-corrected chi connectivity index (χ3v) is 5.47. The Hall–Kier alpha value is -2.72. The van der Waals surface area contributed by atoms with E-state index in [0.717, 1.165) is 22.7 Å². The summed E-state index contributed by atoms with van der Waals surface area (Å²) in [7, 11) is 0. The number of amides is 1. The van der Waals surface area contributed by atoms with Gasteiger partial charge >= 0.3 is 0 Å². The lowest BCUT2D eigenvalue weighted by atomic mass is 10.2. The van der Waals surface area contributed by atoms with Gasteiger partial charge in [-0.2, -0.15) is 0 Å². The average molecular weight is 411 g/mol. The van der Waals surface area contributed by atoms with E-state index < -0.39 is 0 Å². The Morgan fingerprint density at radius 3 is 2.52 bits per heavy atom. The molecule has 0 aliphatic carbocycles. The molecule has 3 aromatic rings. The van der Waals surface area contributed by atoms with Crippen LogP contribution in [-0.2, 0) is 17.9 Å². The van der Waals surface area contributed by atoms with Crippen molar-refractivity contribution in [1.29, 1.82) is 0 Å². The molecule has 0 bridgehead atoms. The maximum absolute atomic E-state index is 12.9. The monoisotopic (exact) mass is 410 g/mol. The maximum atomic E-state index is 12.9. The molecule has 0 aliphatic rings. The predicted octanol–water partition coefficient (Wildman–Crippen LogP) is 5.40. The Morgan fingerprint density at radius 2 is 1.79 bits per heavy atom. The van der Waals surface area contributed by atoms with Gasteiger partial charge in [0.1, 0.15) is 5.75 Å². The fourth-order valence-electron chi connectivity index (χ4n) is 3.19. The molecule has 0 aliphatic heterocycles. The van der Waals surface area contributed by atoms with Gasteiger partial charge in [0.2, 0.25) is 0 Å². The van der Waals surface area contributed by atoms with Gasteiger partial charge in [-0.1, -0.05) is 54.9 Å². The fourth-order valence-corrected chi connectivity index (χ4v) is 3.38. The van der Waals surface area contributed by atoms with E-state index in [2.05, 4.69) is 24.5 Å². The Morgan fingerprint density at radius 1 is 1.07 bits per heavy atom. The highest BCUT2D eigenvalue weighted by atomic mass is 35.5. The molecule has 1 amide bonds. The van der Waals surface area contributed by atoms with Crippen LogP contribution in [0.2, 0.25) is 5.02 Å². The van der Waals surface area contributed by atoms with Gasteiger partial charge in [-0.25, -0.2) is 0 Å². The van der Waals surface area contributed by atoms with Gasteiger partial charge in [0.15, 0.2) is 6.61 Å². The summed E-state index contributed by atoms with van der Waals surface area (Å²) in [6.07, 6.45) is 2.90. The number of nitrogens with zero attached hydrogens (tertiary/aromatic N) is 2. The van der Waals surface area contributed by atoms with Crippen molar-refractivity contribution in [3.63, 3.8) is 0 Å². The lowest BCUT2D eigenvalue weighted by Crippen LogP contribution is -2.41. The topological polar surface area (TPSA) is 34.5 Å². The van der Waals surface area contributed by atoms with Crippen LogP contribution in [0.15, 0.2) is 72.9 Å². The molecule has 0 saturated heterocycles. The Bertz CT molecular complexity index is 923. The summed E-state index contributed by atoms with van der Waals surface area (Å²) in [5.74, 6) is 0.681. The first kappa shape index (κ1) is 21.0. The molecular formula is C24H27ClN2O2. The molecule has 3 rings (SSSR count). The molecule has 0 N–H and O–H groups in total. The third-order valence-electron chi connectivity index (χ3n) is 5.10. The van der Waals surface area contributed by atoms with E-state index in [4.69, 9.17) is 16.3 Å². The number of para-hydroxylation sites is 1. The summed E-state index contributed by atoms with van der Waals surface area (Å²) in [6.45, 7) is 5.39. The highest BCUT2D eigenvalue weighted by Gasteiger charge is 2.21. The summed E-state index contributed by atoms with van der Waals surface area (Å²) in [4.78, 5) is 14.8. The van der Waals surface area contributed by atoms with E-state index in [-0.39, 0.29) is 18.6 Å². The van der Waals surface area contributed by atoms with Crippen LogP contribution in [0.5, 0.6) is 5.75 Å². The summed E-state index contributed by atoms with van der Waals surface area (Å²) in [5.41, 5.74) is 2.12. The van der Waals surface area contributed by atoms with E-state index in [0.29, 0.717) is 18.8 Å². The van der Waals surface area contributed by atoms with Crippen LogP contribution in [0.4, 0.5) is 0 Å². The number of hydrogen-bond donors (Lipinski definition) is 0. The molecular weight excluding hydrogens is 384 g/mol. The smallest absolute Gasteiger partial charge is 0.261 e. The summed E-state index contributed by atoms with van der Waals surface area (Å²) in [6, 6.07) is 21.4. The molecule has 1 unspecified atom stereocenters. The van der Waals surface area contributed by atoms with Gasteiger partial charge in [0, 0.05) is 29.5 Å².